The molecular formula is C30H36N8O6S2. The zero-order valence-corrected chi connectivity index (χ0v) is 27.3. The third kappa shape index (κ3) is 9.94. The van der Waals surface area contributed by atoms with E-state index in [2.05, 4.69) is 41.0 Å². The molecule has 0 saturated heterocycles. The molecule has 1 fully saturated rings. The van der Waals surface area contributed by atoms with Crippen LogP contribution >= 0.6 is 22.7 Å². The van der Waals surface area contributed by atoms with Crippen LogP contribution in [-0.4, -0.2) is 82.8 Å². The van der Waals surface area contributed by atoms with Crippen LogP contribution in [0.3, 0.4) is 0 Å². The van der Waals surface area contributed by atoms with Gasteiger partial charge in [-0.3, -0.25) is 19.6 Å². The summed E-state index contributed by atoms with van der Waals surface area (Å²) < 4.78 is 21.0. The number of carbonyl (C=O) groups excluding carboxylic acids is 2. The lowest BCUT2D eigenvalue weighted by molar-refractivity contribution is -0.116. The van der Waals surface area contributed by atoms with Crippen LogP contribution in [0.2, 0.25) is 0 Å². The van der Waals surface area contributed by atoms with Crippen molar-refractivity contribution in [1.82, 2.24) is 30.4 Å². The molecule has 1 aliphatic rings. The zero-order valence-electron chi connectivity index (χ0n) is 25.6. The van der Waals surface area contributed by atoms with Gasteiger partial charge in [-0.1, -0.05) is 29.1 Å². The molecule has 4 heterocycles. The highest BCUT2D eigenvalue weighted by molar-refractivity contribution is 7.15. The van der Waals surface area contributed by atoms with Crippen LogP contribution < -0.4 is 20.1 Å². The molecule has 5 rings (SSSR count). The maximum absolute atomic E-state index is 12.6. The van der Waals surface area contributed by atoms with Crippen molar-refractivity contribution in [3.05, 3.63) is 58.1 Å². The molecule has 0 aromatic carbocycles. The van der Waals surface area contributed by atoms with E-state index in [1.165, 1.54) is 22.7 Å². The van der Waals surface area contributed by atoms with Crippen molar-refractivity contribution in [3.63, 3.8) is 0 Å². The van der Waals surface area contributed by atoms with Gasteiger partial charge in [0.05, 0.1) is 38.4 Å². The van der Waals surface area contributed by atoms with E-state index < -0.39 is 0 Å². The van der Waals surface area contributed by atoms with Crippen molar-refractivity contribution in [2.45, 2.75) is 50.4 Å². The van der Waals surface area contributed by atoms with Gasteiger partial charge in [-0.15, -0.1) is 20.4 Å². The van der Waals surface area contributed by atoms with Gasteiger partial charge in [0, 0.05) is 37.4 Å². The van der Waals surface area contributed by atoms with Crippen LogP contribution in [0.1, 0.15) is 58.9 Å². The molecule has 2 atom stereocenters. The monoisotopic (exact) mass is 668 g/mol. The maximum atomic E-state index is 12.6. The first-order valence-corrected chi connectivity index (χ1v) is 16.5. The first-order valence-electron chi connectivity index (χ1n) is 14.9. The first kappa shape index (κ1) is 33.2. The normalized spacial score (nSPS) is 16.1. The summed E-state index contributed by atoms with van der Waals surface area (Å²) in [5, 5.41) is 25.6. The van der Waals surface area contributed by atoms with Crippen LogP contribution in [0.4, 0.5) is 10.3 Å². The van der Waals surface area contributed by atoms with Gasteiger partial charge in [0.2, 0.25) is 22.1 Å². The summed E-state index contributed by atoms with van der Waals surface area (Å²) >= 11 is 2.79. The van der Waals surface area contributed by atoms with Crippen LogP contribution in [0.5, 0.6) is 11.5 Å². The quantitative estimate of drug-likeness (QED) is 0.164. The van der Waals surface area contributed by atoms with Crippen LogP contribution in [-0.2, 0) is 31.9 Å². The number of ether oxygens (including phenoxy) is 4. The van der Waals surface area contributed by atoms with Gasteiger partial charge >= 0.3 is 0 Å². The van der Waals surface area contributed by atoms with Gasteiger partial charge in [0.15, 0.2) is 0 Å². The van der Waals surface area contributed by atoms with Gasteiger partial charge < -0.3 is 29.6 Å². The molecule has 4 aromatic rings. The fraction of sp³-hybridized carbons (Fsp3) is 0.467. The fourth-order valence-electron chi connectivity index (χ4n) is 4.88. The van der Waals surface area contributed by atoms with Gasteiger partial charge in [-0.25, -0.2) is 0 Å². The number of carbonyl (C=O) groups is 2. The van der Waals surface area contributed by atoms with E-state index in [0.717, 1.165) is 35.7 Å². The molecular weight excluding hydrogens is 633 g/mol. The Morgan fingerprint density at radius 3 is 1.61 bits per heavy atom. The minimum absolute atomic E-state index is 0.113. The Labute approximate surface area is 274 Å². The SMILES string of the molecule is COCCOc1ccc(CC(=O)Nc2nnc(C3CCC[C@H](c4nnc(NC(=O)Cc5ccc(OCCOC)cn5)s4)C3)s2)nc1. The average Bonchev–Trinajstić information content (AvgIpc) is 3.73. The van der Waals surface area contributed by atoms with Crippen molar-refractivity contribution in [2.24, 2.45) is 0 Å². The third-order valence-corrected chi connectivity index (χ3v) is 9.14. The Morgan fingerprint density at radius 1 is 0.717 bits per heavy atom. The van der Waals surface area contributed by atoms with Gasteiger partial charge in [0.25, 0.3) is 0 Å². The van der Waals surface area contributed by atoms with E-state index in [1.807, 2.05) is 0 Å². The molecule has 0 spiro atoms. The molecule has 16 heteroatoms. The number of methoxy groups -OCH3 is 2. The Kier molecular flexibility index (Phi) is 12.3. The van der Waals surface area contributed by atoms with Gasteiger partial charge in [-0.2, -0.15) is 0 Å². The standard InChI is InChI=1S/C30H36N8O6S2/c1-41-10-12-43-23-8-6-21(31-17-23)15-25(39)33-29-37-35-27(45-29)19-4-3-5-20(14-19)28-36-38-30(46-28)34-26(40)16-22-7-9-24(18-32-22)44-13-11-42-2/h6-9,17-20H,3-5,10-16H2,1-2H3,(H,33,37,39)(H,34,38,40)/t19-,20?/m0/s1. The summed E-state index contributed by atoms with van der Waals surface area (Å²) in [6.07, 6.45) is 7.22. The lowest BCUT2D eigenvalue weighted by Gasteiger charge is -2.25. The second-order valence-electron chi connectivity index (χ2n) is 10.6. The number of nitrogens with one attached hydrogen (secondary N) is 2. The second-order valence-corrected chi connectivity index (χ2v) is 12.6. The molecule has 2 N–H and O–H groups in total. The van der Waals surface area contributed by atoms with Gasteiger partial charge in [-0.05, 0) is 43.5 Å². The lowest BCUT2D eigenvalue weighted by Crippen LogP contribution is -2.15. The highest BCUT2D eigenvalue weighted by Gasteiger charge is 2.29. The molecule has 1 unspecified atom stereocenters. The number of amides is 2. The van der Waals surface area contributed by atoms with Crippen LogP contribution in [0, 0.1) is 0 Å². The van der Waals surface area contributed by atoms with Crippen molar-refractivity contribution in [1.29, 1.82) is 0 Å². The first-order chi connectivity index (χ1) is 22.5. The molecule has 4 aromatic heterocycles. The van der Waals surface area contributed by atoms with E-state index in [1.54, 1.807) is 50.9 Å². The number of pyridine rings is 2. The van der Waals surface area contributed by atoms with Crippen molar-refractivity contribution >= 4 is 44.8 Å². The summed E-state index contributed by atoms with van der Waals surface area (Å²) in [5.41, 5.74) is 1.25. The minimum Gasteiger partial charge on any atom is -0.490 e. The number of anilines is 2. The van der Waals surface area contributed by atoms with Crippen molar-refractivity contribution < 1.29 is 28.5 Å². The summed E-state index contributed by atoms with van der Waals surface area (Å²) in [4.78, 5) is 33.8. The van der Waals surface area contributed by atoms with E-state index in [-0.39, 0.29) is 36.5 Å². The molecule has 2 amide bonds. The van der Waals surface area contributed by atoms with E-state index in [0.29, 0.717) is 59.6 Å². The molecule has 46 heavy (non-hydrogen) atoms. The Morgan fingerprint density at radius 2 is 1.20 bits per heavy atom. The largest absolute Gasteiger partial charge is 0.490 e. The Balaban J connectivity index is 1.08. The van der Waals surface area contributed by atoms with Crippen LogP contribution in [0.15, 0.2) is 36.7 Å². The Bertz CT molecular complexity index is 1440. The predicted octanol–water partition coefficient (Wildman–Crippen LogP) is 4.03. The molecule has 0 radical (unpaired) electrons. The third-order valence-electron chi connectivity index (χ3n) is 7.14. The average molecular weight is 669 g/mol. The molecule has 1 saturated carbocycles. The topological polar surface area (TPSA) is 172 Å². The predicted molar refractivity (Wildman–Crippen MR) is 172 cm³/mol. The highest BCUT2D eigenvalue weighted by atomic mass is 32.1. The molecule has 1 aliphatic carbocycles. The lowest BCUT2D eigenvalue weighted by atomic mass is 9.82. The fourth-order valence-corrected chi connectivity index (χ4v) is 6.70. The maximum Gasteiger partial charge on any atom is 0.232 e. The summed E-state index contributed by atoms with van der Waals surface area (Å²) in [6, 6.07) is 7.08. The summed E-state index contributed by atoms with van der Waals surface area (Å²) in [7, 11) is 3.22. The highest BCUT2D eigenvalue weighted by Crippen LogP contribution is 2.43. The van der Waals surface area contributed by atoms with Gasteiger partial charge in [0.1, 0.15) is 34.7 Å². The Hall–Kier alpha value is -4.12. The molecule has 14 nitrogen and oxygen atoms in total. The van der Waals surface area contributed by atoms with E-state index in [4.69, 9.17) is 18.9 Å². The number of rotatable bonds is 16. The van der Waals surface area contributed by atoms with E-state index >= 15 is 0 Å². The summed E-state index contributed by atoms with van der Waals surface area (Å²) in [6.45, 7) is 1.84. The minimum atomic E-state index is -0.215. The number of hydrogen-bond donors (Lipinski definition) is 2. The molecule has 244 valence electrons. The van der Waals surface area contributed by atoms with Crippen molar-refractivity contribution in [2.75, 3.05) is 51.3 Å². The van der Waals surface area contributed by atoms with Crippen LogP contribution in [0.25, 0.3) is 0 Å². The second kappa shape index (κ2) is 17.0. The number of aromatic nitrogens is 6. The number of hydrogen-bond acceptors (Lipinski definition) is 14. The summed E-state index contributed by atoms with van der Waals surface area (Å²) in [5.74, 6) is 1.21. The number of nitrogens with zero attached hydrogens (tertiary/aromatic N) is 6. The molecule has 0 bridgehead atoms. The smallest absolute Gasteiger partial charge is 0.232 e. The zero-order chi connectivity index (χ0) is 32.1. The van der Waals surface area contributed by atoms with Crippen molar-refractivity contribution in [3.8, 4) is 11.5 Å². The molecule has 0 aliphatic heterocycles. The van der Waals surface area contributed by atoms with E-state index in [9.17, 15) is 9.59 Å².